The number of rotatable bonds is 4. The summed E-state index contributed by atoms with van der Waals surface area (Å²) < 4.78 is 28.9. The van der Waals surface area contributed by atoms with Crippen molar-refractivity contribution in [2.24, 2.45) is 0 Å². The smallest absolute Gasteiger partial charge is 0.135 e. The third kappa shape index (κ3) is 3.64. The third-order valence-corrected chi connectivity index (χ3v) is 4.51. The van der Waals surface area contributed by atoms with Gasteiger partial charge in [-0.05, 0) is 53.3 Å². The summed E-state index contributed by atoms with van der Waals surface area (Å²) in [6.45, 7) is 8.25. The summed E-state index contributed by atoms with van der Waals surface area (Å²) in [6.07, 6.45) is 3.32. The Labute approximate surface area is 153 Å². The second-order valence-corrected chi connectivity index (χ2v) is 7.07. The lowest BCUT2D eigenvalue weighted by atomic mass is 9.98. The first-order valence-electron chi connectivity index (χ1n) is 8.78. The van der Waals surface area contributed by atoms with Crippen LogP contribution in [0.15, 0.2) is 48.8 Å². The molecule has 0 aliphatic carbocycles. The summed E-state index contributed by atoms with van der Waals surface area (Å²) in [5.74, 6) is -0.660. The molecule has 2 heterocycles. The van der Waals surface area contributed by atoms with Gasteiger partial charge in [0.1, 0.15) is 11.6 Å². The molecule has 0 amide bonds. The molecule has 0 saturated carbocycles. The van der Waals surface area contributed by atoms with E-state index in [9.17, 15) is 8.78 Å². The minimum absolute atomic E-state index is 0.278. The third-order valence-electron chi connectivity index (χ3n) is 4.51. The molecule has 0 unspecified atom stereocenters. The molecule has 1 aromatic carbocycles. The molecule has 2 nitrogen and oxygen atoms in total. The van der Waals surface area contributed by atoms with Gasteiger partial charge in [-0.3, -0.25) is 9.97 Å². The van der Waals surface area contributed by atoms with Crippen molar-refractivity contribution >= 4 is 0 Å². The van der Waals surface area contributed by atoms with Gasteiger partial charge in [-0.15, -0.1) is 0 Å². The lowest BCUT2D eigenvalue weighted by Crippen LogP contribution is -1.97. The van der Waals surface area contributed by atoms with Crippen LogP contribution in [0.25, 0.3) is 22.5 Å². The molecule has 4 heteroatoms. The van der Waals surface area contributed by atoms with Crippen LogP contribution in [-0.2, 0) is 0 Å². The molecule has 0 aliphatic heterocycles. The van der Waals surface area contributed by atoms with Gasteiger partial charge in [-0.1, -0.05) is 27.7 Å². The maximum absolute atomic E-state index is 14.5. The van der Waals surface area contributed by atoms with E-state index in [4.69, 9.17) is 0 Å². The normalized spacial score (nSPS) is 11.4. The predicted molar refractivity (Wildman–Crippen MR) is 101 cm³/mol. The first-order valence-corrected chi connectivity index (χ1v) is 8.78. The molecule has 3 aromatic rings. The van der Waals surface area contributed by atoms with E-state index in [1.54, 1.807) is 12.4 Å². The molecule has 0 aliphatic rings. The van der Waals surface area contributed by atoms with E-state index < -0.39 is 11.6 Å². The molecule has 26 heavy (non-hydrogen) atoms. The molecule has 2 aromatic heterocycles. The summed E-state index contributed by atoms with van der Waals surface area (Å²) in [6, 6.07) is 9.93. The zero-order valence-corrected chi connectivity index (χ0v) is 15.4. The standard InChI is InChI=1S/C22H22F2N2/c1-13(2)15-5-7-25-21(9-15)17-11-18(20(24)12-19(17)23)22-10-16(14(3)4)6-8-26-22/h5-14H,1-4H3. The highest BCUT2D eigenvalue weighted by molar-refractivity contribution is 5.71. The second-order valence-electron chi connectivity index (χ2n) is 7.07. The highest BCUT2D eigenvalue weighted by Crippen LogP contribution is 2.31. The number of halogens is 2. The average molecular weight is 352 g/mol. The Morgan fingerprint density at radius 3 is 1.46 bits per heavy atom. The van der Waals surface area contributed by atoms with Crippen molar-refractivity contribution in [3.63, 3.8) is 0 Å². The van der Waals surface area contributed by atoms with Gasteiger partial charge in [-0.2, -0.15) is 0 Å². The summed E-state index contributed by atoms with van der Waals surface area (Å²) in [5.41, 5.74) is 3.66. The van der Waals surface area contributed by atoms with Crippen molar-refractivity contribution in [1.29, 1.82) is 0 Å². The highest BCUT2D eigenvalue weighted by Gasteiger charge is 2.16. The van der Waals surface area contributed by atoms with Crippen LogP contribution in [-0.4, -0.2) is 9.97 Å². The maximum Gasteiger partial charge on any atom is 0.135 e. The van der Waals surface area contributed by atoms with E-state index in [0.717, 1.165) is 17.2 Å². The largest absolute Gasteiger partial charge is 0.256 e. The van der Waals surface area contributed by atoms with Gasteiger partial charge in [-0.25, -0.2) is 8.78 Å². The fourth-order valence-corrected chi connectivity index (χ4v) is 2.85. The van der Waals surface area contributed by atoms with Crippen molar-refractivity contribution < 1.29 is 8.78 Å². The molecule has 0 fully saturated rings. The topological polar surface area (TPSA) is 25.8 Å². The fraction of sp³-hybridized carbons (Fsp3) is 0.273. The van der Waals surface area contributed by atoms with Crippen molar-refractivity contribution in [3.8, 4) is 22.5 Å². The zero-order valence-electron chi connectivity index (χ0n) is 15.4. The quantitative estimate of drug-likeness (QED) is 0.548. The van der Waals surface area contributed by atoms with Gasteiger partial charge in [0.15, 0.2) is 0 Å². The Balaban J connectivity index is 2.14. The van der Waals surface area contributed by atoms with Crippen LogP contribution in [0.1, 0.15) is 50.7 Å². The highest BCUT2D eigenvalue weighted by atomic mass is 19.1. The fourth-order valence-electron chi connectivity index (χ4n) is 2.85. The van der Waals surface area contributed by atoms with E-state index in [-0.39, 0.29) is 11.1 Å². The minimum atomic E-state index is -0.625. The Hall–Kier alpha value is -2.62. The molecule has 134 valence electrons. The first kappa shape index (κ1) is 18.2. The van der Waals surface area contributed by atoms with Gasteiger partial charge in [0.2, 0.25) is 0 Å². The van der Waals surface area contributed by atoms with E-state index in [0.29, 0.717) is 23.2 Å². The van der Waals surface area contributed by atoms with Crippen LogP contribution in [0.3, 0.4) is 0 Å². The van der Waals surface area contributed by atoms with E-state index in [1.165, 1.54) is 6.07 Å². The molecule has 0 N–H and O–H groups in total. The Kier molecular flexibility index (Phi) is 5.12. The molecular weight excluding hydrogens is 330 g/mol. The SMILES string of the molecule is CC(C)c1ccnc(-c2cc(-c3cc(C(C)C)ccn3)c(F)cc2F)c1. The summed E-state index contributed by atoms with van der Waals surface area (Å²) >= 11 is 0. The zero-order chi connectivity index (χ0) is 18.8. The van der Waals surface area contributed by atoms with Crippen LogP contribution in [0, 0.1) is 11.6 Å². The first-order chi connectivity index (χ1) is 12.4. The number of nitrogens with zero attached hydrogens (tertiary/aromatic N) is 2. The number of aromatic nitrogens is 2. The molecule has 3 rings (SSSR count). The number of pyridine rings is 2. The summed E-state index contributed by atoms with van der Waals surface area (Å²) in [4.78, 5) is 8.56. The minimum Gasteiger partial charge on any atom is -0.256 e. The predicted octanol–water partition coefficient (Wildman–Crippen LogP) is 6.34. The van der Waals surface area contributed by atoms with Gasteiger partial charge in [0, 0.05) is 29.6 Å². The van der Waals surface area contributed by atoms with Gasteiger partial charge in [0.25, 0.3) is 0 Å². The maximum atomic E-state index is 14.5. The Morgan fingerprint density at radius 2 is 1.08 bits per heavy atom. The van der Waals surface area contributed by atoms with Crippen LogP contribution in [0.2, 0.25) is 0 Å². The van der Waals surface area contributed by atoms with Crippen molar-refractivity contribution in [3.05, 3.63) is 71.6 Å². The number of benzene rings is 1. The van der Waals surface area contributed by atoms with Crippen molar-refractivity contribution in [2.75, 3.05) is 0 Å². The lowest BCUT2D eigenvalue weighted by Gasteiger charge is -2.12. The number of hydrogen-bond donors (Lipinski definition) is 0. The Morgan fingerprint density at radius 1 is 0.654 bits per heavy atom. The van der Waals surface area contributed by atoms with E-state index in [2.05, 4.69) is 37.7 Å². The molecule has 0 saturated heterocycles. The monoisotopic (exact) mass is 352 g/mol. The average Bonchev–Trinajstić information content (AvgIpc) is 2.62. The van der Waals surface area contributed by atoms with Crippen molar-refractivity contribution in [1.82, 2.24) is 9.97 Å². The number of hydrogen-bond acceptors (Lipinski definition) is 2. The summed E-state index contributed by atoms with van der Waals surface area (Å²) in [7, 11) is 0. The van der Waals surface area contributed by atoms with E-state index in [1.807, 2.05) is 24.3 Å². The lowest BCUT2D eigenvalue weighted by molar-refractivity contribution is 0.587. The van der Waals surface area contributed by atoms with E-state index >= 15 is 0 Å². The molecule has 0 atom stereocenters. The van der Waals surface area contributed by atoms with Crippen LogP contribution in [0.4, 0.5) is 8.78 Å². The van der Waals surface area contributed by atoms with Crippen LogP contribution < -0.4 is 0 Å². The molecular formula is C22H22F2N2. The van der Waals surface area contributed by atoms with Crippen LogP contribution >= 0.6 is 0 Å². The van der Waals surface area contributed by atoms with Gasteiger partial charge in [0.05, 0.1) is 11.4 Å². The van der Waals surface area contributed by atoms with Gasteiger partial charge >= 0.3 is 0 Å². The molecule has 0 radical (unpaired) electrons. The Bertz CT molecular complexity index is 860. The van der Waals surface area contributed by atoms with Gasteiger partial charge < -0.3 is 0 Å². The summed E-state index contributed by atoms with van der Waals surface area (Å²) in [5, 5.41) is 0. The second kappa shape index (κ2) is 7.32. The molecule has 0 spiro atoms. The van der Waals surface area contributed by atoms with Crippen molar-refractivity contribution in [2.45, 2.75) is 39.5 Å². The van der Waals surface area contributed by atoms with Crippen LogP contribution in [0.5, 0.6) is 0 Å². The molecule has 0 bridgehead atoms.